The summed E-state index contributed by atoms with van der Waals surface area (Å²) in [7, 11) is -2.41. The predicted molar refractivity (Wildman–Crippen MR) is 89.2 cm³/mol. The number of likely N-dealkylation sites (tertiary alicyclic amines) is 1. The third-order valence-corrected chi connectivity index (χ3v) is 5.63. The molecule has 2 unspecified atom stereocenters. The van der Waals surface area contributed by atoms with Gasteiger partial charge in [-0.25, -0.2) is 0 Å². The minimum Gasteiger partial charge on any atom is -0.312 e. The molecule has 23 heavy (non-hydrogen) atoms. The highest BCUT2D eigenvalue weighted by Gasteiger charge is 2.43. The fourth-order valence-corrected chi connectivity index (χ4v) is 4.55. The molecule has 1 fully saturated rings. The lowest BCUT2D eigenvalue weighted by atomic mass is 9.82. The van der Waals surface area contributed by atoms with Gasteiger partial charge in [-0.1, -0.05) is 18.2 Å². The fraction of sp³-hybridized carbons (Fsp3) is 0.562. The van der Waals surface area contributed by atoms with Gasteiger partial charge in [-0.3, -0.25) is 4.55 Å². The van der Waals surface area contributed by atoms with Crippen molar-refractivity contribution in [3.63, 3.8) is 0 Å². The molecule has 0 aromatic heterocycles. The first kappa shape index (κ1) is 16.9. The van der Waals surface area contributed by atoms with Gasteiger partial charge in [-0.05, 0) is 63.0 Å². The van der Waals surface area contributed by atoms with E-state index in [2.05, 4.69) is 21.9 Å². The maximum Gasteiger partial charge on any atom is 0.334 e. The molecule has 2 aliphatic rings. The minimum absolute atomic E-state index is 0.0981. The first-order valence-electron chi connectivity index (χ1n) is 7.94. The van der Waals surface area contributed by atoms with Crippen molar-refractivity contribution in [1.82, 2.24) is 14.9 Å². The van der Waals surface area contributed by atoms with Crippen LogP contribution in [-0.2, 0) is 28.8 Å². The van der Waals surface area contributed by atoms with Crippen LogP contribution in [-0.4, -0.2) is 44.0 Å². The van der Waals surface area contributed by atoms with Crippen LogP contribution in [0.1, 0.15) is 29.5 Å². The van der Waals surface area contributed by atoms with E-state index in [1.807, 2.05) is 25.2 Å². The number of rotatable bonds is 4. The Hall–Kier alpha value is -0.990. The number of likely N-dealkylation sites (N-methyl/N-ethyl adjacent to an activating group) is 1. The summed E-state index contributed by atoms with van der Waals surface area (Å²) < 4.78 is 34.9. The molecule has 0 spiro atoms. The van der Waals surface area contributed by atoms with Crippen LogP contribution in [0.4, 0.5) is 0 Å². The van der Waals surface area contributed by atoms with Crippen molar-refractivity contribution in [2.75, 3.05) is 20.1 Å². The second-order valence-corrected chi connectivity index (χ2v) is 7.75. The van der Waals surface area contributed by atoms with E-state index in [0.29, 0.717) is 0 Å². The highest BCUT2D eigenvalue weighted by molar-refractivity contribution is 7.83. The molecule has 0 saturated carbocycles. The third kappa shape index (κ3) is 3.44. The van der Waals surface area contributed by atoms with Crippen molar-refractivity contribution in [1.29, 1.82) is 0 Å². The number of fused-ring (bicyclic) bond motifs is 1. The van der Waals surface area contributed by atoms with E-state index < -0.39 is 15.8 Å². The summed E-state index contributed by atoms with van der Waals surface area (Å²) in [6, 6.07) is 5.89. The van der Waals surface area contributed by atoms with Gasteiger partial charge in [0.1, 0.15) is 0 Å². The lowest BCUT2D eigenvalue weighted by Crippen LogP contribution is -2.55. The van der Waals surface area contributed by atoms with Gasteiger partial charge in [-0.15, -0.1) is 0 Å². The van der Waals surface area contributed by atoms with Gasteiger partial charge < -0.3 is 10.2 Å². The zero-order valence-corrected chi connectivity index (χ0v) is 14.2. The van der Waals surface area contributed by atoms with Crippen LogP contribution in [0.5, 0.6) is 0 Å². The largest absolute Gasteiger partial charge is 0.334 e. The molecule has 127 valence electrons. The molecule has 2 atom stereocenters. The normalized spacial score (nSPS) is 25.1. The van der Waals surface area contributed by atoms with Crippen LogP contribution in [0.3, 0.4) is 0 Å². The number of nitrogens with one attached hydrogen (secondary N) is 2. The molecule has 1 aromatic carbocycles. The first-order chi connectivity index (χ1) is 10.8. The van der Waals surface area contributed by atoms with Gasteiger partial charge in [0.2, 0.25) is 0 Å². The Morgan fingerprint density at radius 1 is 1.43 bits per heavy atom. The molecule has 1 radical (unpaired) electrons. The molecule has 2 aliphatic heterocycles. The maximum atomic E-state index is 11.5. The number of nitrogens with zero attached hydrogens (tertiary/aromatic N) is 1. The molecular formula is C16H24N3O3S. The Morgan fingerprint density at radius 2 is 2.22 bits per heavy atom. The summed E-state index contributed by atoms with van der Waals surface area (Å²) in [6.45, 7) is 6.81. The zero-order valence-electron chi connectivity index (χ0n) is 13.4. The Balaban J connectivity index is 2.04. The molecule has 0 amide bonds. The Morgan fingerprint density at radius 3 is 2.87 bits per heavy atom. The van der Waals surface area contributed by atoms with Gasteiger partial charge in [0.25, 0.3) is 0 Å². The molecule has 1 saturated heterocycles. The van der Waals surface area contributed by atoms with Gasteiger partial charge in [-0.2, -0.15) is 13.1 Å². The lowest BCUT2D eigenvalue weighted by Gasteiger charge is -2.39. The smallest absolute Gasteiger partial charge is 0.312 e. The Labute approximate surface area is 138 Å². The van der Waals surface area contributed by atoms with Gasteiger partial charge >= 0.3 is 10.3 Å². The monoisotopic (exact) mass is 338 g/mol. The number of benzene rings is 1. The van der Waals surface area contributed by atoms with Crippen molar-refractivity contribution in [3.8, 4) is 0 Å². The predicted octanol–water partition coefficient (Wildman–Crippen LogP) is 0.848. The summed E-state index contributed by atoms with van der Waals surface area (Å²) in [5.74, 6) is 0. The average Bonchev–Trinajstić information content (AvgIpc) is 2.92. The molecule has 7 heteroatoms. The average molecular weight is 338 g/mol. The van der Waals surface area contributed by atoms with Crippen molar-refractivity contribution < 1.29 is 13.0 Å². The molecule has 3 N–H and O–H groups in total. The molecule has 0 bridgehead atoms. The quantitative estimate of drug-likeness (QED) is 0.709. The van der Waals surface area contributed by atoms with Gasteiger partial charge in [0.05, 0.1) is 5.54 Å². The highest BCUT2D eigenvalue weighted by atomic mass is 32.2. The van der Waals surface area contributed by atoms with Crippen molar-refractivity contribution in [3.05, 3.63) is 41.8 Å². The van der Waals surface area contributed by atoms with E-state index in [4.69, 9.17) is 0 Å². The van der Waals surface area contributed by atoms with E-state index in [1.165, 1.54) is 11.1 Å². The summed E-state index contributed by atoms with van der Waals surface area (Å²) >= 11 is 0. The van der Waals surface area contributed by atoms with Crippen molar-refractivity contribution in [2.45, 2.75) is 37.4 Å². The first-order valence-corrected chi connectivity index (χ1v) is 9.38. The molecule has 0 aliphatic carbocycles. The van der Waals surface area contributed by atoms with Crippen LogP contribution in [0.15, 0.2) is 18.2 Å². The standard InChI is InChI=1S/C16H24N3O3S/c1-16(18-23(20,21)22,15-4-3-9-19(15)2)14-6-5-12-7-8-17-11-13(12)10-14/h5-6,10,15,17-18H,1,3-4,7-9,11H2,2H3,(H,20,21,22). The maximum absolute atomic E-state index is 11.5. The second-order valence-electron chi connectivity index (χ2n) is 6.60. The van der Waals surface area contributed by atoms with E-state index in [0.717, 1.165) is 44.5 Å². The van der Waals surface area contributed by atoms with Crippen LogP contribution >= 0.6 is 0 Å². The minimum atomic E-state index is -4.37. The van der Waals surface area contributed by atoms with Crippen LogP contribution < -0.4 is 10.0 Å². The number of hydrogen-bond donors (Lipinski definition) is 3. The summed E-state index contributed by atoms with van der Waals surface area (Å²) in [4.78, 5) is 2.10. The van der Waals surface area contributed by atoms with E-state index >= 15 is 0 Å². The van der Waals surface area contributed by atoms with E-state index in [1.54, 1.807) is 0 Å². The summed E-state index contributed by atoms with van der Waals surface area (Å²) in [5.41, 5.74) is 2.13. The van der Waals surface area contributed by atoms with Gasteiger partial charge in [0, 0.05) is 12.6 Å². The van der Waals surface area contributed by atoms with Crippen molar-refractivity contribution in [2.24, 2.45) is 0 Å². The molecule has 2 heterocycles. The molecule has 1 aromatic rings. The highest BCUT2D eigenvalue weighted by Crippen LogP contribution is 2.35. The lowest BCUT2D eigenvalue weighted by molar-refractivity contribution is 0.208. The fourth-order valence-electron chi connectivity index (χ4n) is 3.84. The molecular weight excluding hydrogens is 314 g/mol. The molecule has 6 nitrogen and oxygen atoms in total. The second kappa shape index (κ2) is 6.14. The number of hydrogen-bond acceptors (Lipinski definition) is 4. The topological polar surface area (TPSA) is 81.7 Å². The Kier molecular flexibility index (Phi) is 4.50. The zero-order chi connectivity index (χ0) is 16.7. The van der Waals surface area contributed by atoms with E-state index in [9.17, 15) is 13.0 Å². The summed E-state index contributed by atoms with van der Waals surface area (Å²) in [6.07, 6.45) is 2.78. The van der Waals surface area contributed by atoms with Crippen LogP contribution in [0, 0.1) is 6.92 Å². The van der Waals surface area contributed by atoms with E-state index in [-0.39, 0.29) is 6.04 Å². The van der Waals surface area contributed by atoms with Gasteiger partial charge in [0.15, 0.2) is 0 Å². The van der Waals surface area contributed by atoms with Crippen LogP contribution in [0.25, 0.3) is 0 Å². The SMILES string of the molecule is [CH2]C(NS(=O)(=O)O)(c1ccc2c(c1)CNCC2)C1CCCN1C. The molecule has 3 rings (SSSR count). The Bertz CT molecular complexity index is 692. The van der Waals surface area contributed by atoms with Crippen molar-refractivity contribution >= 4 is 10.3 Å². The summed E-state index contributed by atoms with van der Waals surface area (Å²) in [5, 5.41) is 3.33. The van der Waals surface area contributed by atoms with Crippen LogP contribution in [0.2, 0.25) is 0 Å². The third-order valence-electron chi connectivity index (χ3n) is 5.01.